The van der Waals surface area contributed by atoms with Gasteiger partial charge in [-0.25, -0.2) is 14.8 Å². The minimum atomic E-state index is -0.477. The maximum atomic E-state index is 11.6. The summed E-state index contributed by atoms with van der Waals surface area (Å²) in [7, 11) is 0. The predicted molar refractivity (Wildman–Crippen MR) is 97.6 cm³/mol. The molecule has 4 heterocycles. The number of aromatic hydroxyl groups is 1. The minimum absolute atomic E-state index is 0.0178. The number of hydrogen-bond donors (Lipinski definition) is 2. The number of nitrogens with zero attached hydrogens (tertiary/aromatic N) is 4. The van der Waals surface area contributed by atoms with E-state index >= 15 is 0 Å². The Bertz CT molecular complexity index is 972. The van der Waals surface area contributed by atoms with Crippen LogP contribution in [0.2, 0.25) is 0 Å². The molecule has 7 nitrogen and oxygen atoms in total. The summed E-state index contributed by atoms with van der Waals surface area (Å²) >= 11 is 0. The van der Waals surface area contributed by atoms with Crippen molar-refractivity contribution in [2.45, 2.75) is 12.8 Å². The molecule has 0 aliphatic carbocycles. The molecule has 0 fully saturated rings. The molecular formula is C19H17N5O2. The highest BCUT2D eigenvalue weighted by atomic mass is 16.3. The molecule has 0 unspecified atom stereocenters. The smallest absolute Gasteiger partial charge is 0.320 e. The van der Waals surface area contributed by atoms with Crippen molar-refractivity contribution in [3.8, 4) is 28.1 Å². The van der Waals surface area contributed by atoms with Crippen LogP contribution in [0.1, 0.15) is 12.0 Å². The van der Waals surface area contributed by atoms with Crippen molar-refractivity contribution >= 4 is 11.8 Å². The van der Waals surface area contributed by atoms with Gasteiger partial charge in [0.25, 0.3) is 0 Å². The maximum Gasteiger partial charge on any atom is 0.320 e. The standard InChI is InChI=1S/C19H17N5O2/c20-19(26)24-5-1-2-12-6-16(11-23-18(12)24)15-7-14(8-21-9-15)13-3-4-17(25)22-10-13/h3-4,6-11H,1-2,5H2,(H2,20,26)(H,22,25). The predicted octanol–water partition coefficient (Wildman–Crippen LogP) is 2.74. The lowest BCUT2D eigenvalue weighted by atomic mass is 9.99. The summed E-state index contributed by atoms with van der Waals surface area (Å²) in [4.78, 5) is 25.8. The van der Waals surface area contributed by atoms with E-state index in [-0.39, 0.29) is 5.88 Å². The third-order valence-electron chi connectivity index (χ3n) is 4.45. The SMILES string of the molecule is NC(=O)N1CCCc2cc(-c3cncc(-c4ccc(O)nc4)c3)cnc21. The lowest BCUT2D eigenvalue weighted by molar-refractivity contribution is 0.253. The normalized spacial score (nSPS) is 13.3. The minimum Gasteiger partial charge on any atom is -0.493 e. The molecule has 3 aromatic rings. The summed E-state index contributed by atoms with van der Waals surface area (Å²) in [5.74, 6) is 0.620. The molecule has 0 bridgehead atoms. The van der Waals surface area contributed by atoms with Crippen molar-refractivity contribution in [3.05, 3.63) is 54.6 Å². The lowest BCUT2D eigenvalue weighted by Crippen LogP contribution is -2.40. The third kappa shape index (κ3) is 2.95. The number of primary amides is 1. The van der Waals surface area contributed by atoms with Crippen LogP contribution in [0.25, 0.3) is 22.3 Å². The molecule has 2 amide bonds. The topological polar surface area (TPSA) is 105 Å². The Morgan fingerprint density at radius 1 is 1.00 bits per heavy atom. The Morgan fingerprint density at radius 2 is 1.73 bits per heavy atom. The van der Waals surface area contributed by atoms with Gasteiger partial charge in [0.15, 0.2) is 0 Å². The highest BCUT2D eigenvalue weighted by Gasteiger charge is 2.22. The second kappa shape index (κ2) is 6.44. The fraction of sp³-hybridized carbons (Fsp3) is 0.158. The fourth-order valence-electron chi connectivity index (χ4n) is 3.15. The molecule has 1 aliphatic heterocycles. The van der Waals surface area contributed by atoms with Crippen LogP contribution < -0.4 is 10.6 Å². The third-order valence-corrected chi connectivity index (χ3v) is 4.45. The molecule has 130 valence electrons. The Hall–Kier alpha value is -3.48. The summed E-state index contributed by atoms with van der Waals surface area (Å²) in [5.41, 5.74) is 10.0. The van der Waals surface area contributed by atoms with Gasteiger partial charge in [0.1, 0.15) is 5.82 Å². The maximum absolute atomic E-state index is 11.6. The Kier molecular flexibility index (Phi) is 3.96. The van der Waals surface area contributed by atoms with E-state index in [1.807, 2.05) is 12.1 Å². The highest BCUT2D eigenvalue weighted by Crippen LogP contribution is 2.30. The molecule has 1 aliphatic rings. The number of aromatic nitrogens is 3. The average Bonchev–Trinajstić information content (AvgIpc) is 2.67. The largest absolute Gasteiger partial charge is 0.493 e. The van der Waals surface area contributed by atoms with E-state index in [0.717, 1.165) is 40.7 Å². The van der Waals surface area contributed by atoms with E-state index in [9.17, 15) is 9.90 Å². The number of fused-ring (bicyclic) bond motifs is 1. The number of rotatable bonds is 2. The van der Waals surface area contributed by atoms with Gasteiger partial charge in [-0.3, -0.25) is 9.88 Å². The zero-order valence-electron chi connectivity index (χ0n) is 14.0. The van der Waals surface area contributed by atoms with Crippen LogP contribution in [0.3, 0.4) is 0 Å². The summed E-state index contributed by atoms with van der Waals surface area (Å²) < 4.78 is 0. The monoisotopic (exact) mass is 347 g/mol. The van der Waals surface area contributed by atoms with Crippen LogP contribution in [0.5, 0.6) is 5.88 Å². The molecule has 26 heavy (non-hydrogen) atoms. The van der Waals surface area contributed by atoms with E-state index in [0.29, 0.717) is 12.4 Å². The molecule has 7 heteroatoms. The first-order chi connectivity index (χ1) is 12.6. The number of carbonyl (C=O) groups excluding carboxylic acids is 1. The molecule has 0 saturated heterocycles. The van der Waals surface area contributed by atoms with Crippen molar-refractivity contribution in [1.29, 1.82) is 0 Å². The summed E-state index contributed by atoms with van der Waals surface area (Å²) in [6.45, 7) is 0.597. The van der Waals surface area contributed by atoms with E-state index in [2.05, 4.69) is 15.0 Å². The van der Waals surface area contributed by atoms with Crippen molar-refractivity contribution in [2.75, 3.05) is 11.4 Å². The van der Waals surface area contributed by atoms with Crippen LogP contribution in [0.4, 0.5) is 10.6 Å². The van der Waals surface area contributed by atoms with E-state index in [1.54, 1.807) is 36.9 Å². The van der Waals surface area contributed by atoms with Gasteiger partial charge in [-0.05, 0) is 36.6 Å². The number of nitrogens with two attached hydrogens (primary N) is 1. The number of carbonyl (C=O) groups is 1. The zero-order chi connectivity index (χ0) is 18.1. The van der Waals surface area contributed by atoms with Gasteiger partial charge in [-0.2, -0.15) is 0 Å². The van der Waals surface area contributed by atoms with Gasteiger partial charge in [-0.1, -0.05) is 0 Å². The van der Waals surface area contributed by atoms with Crippen LogP contribution in [0, 0.1) is 0 Å². The van der Waals surface area contributed by atoms with Crippen molar-refractivity contribution in [2.24, 2.45) is 5.73 Å². The molecule has 4 rings (SSSR count). The number of amides is 2. The number of pyridine rings is 3. The molecule has 0 saturated carbocycles. The molecular weight excluding hydrogens is 330 g/mol. The van der Waals surface area contributed by atoms with E-state index in [1.165, 1.54) is 4.90 Å². The van der Waals surface area contributed by atoms with Crippen LogP contribution >= 0.6 is 0 Å². The van der Waals surface area contributed by atoms with Gasteiger partial charge in [-0.15, -0.1) is 0 Å². The van der Waals surface area contributed by atoms with Crippen LogP contribution in [-0.4, -0.2) is 32.6 Å². The zero-order valence-corrected chi connectivity index (χ0v) is 14.0. The van der Waals surface area contributed by atoms with Crippen molar-refractivity contribution < 1.29 is 9.90 Å². The molecule has 3 N–H and O–H groups in total. The number of anilines is 1. The molecule has 0 radical (unpaired) electrons. The first kappa shape index (κ1) is 16.0. The fourth-order valence-corrected chi connectivity index (χ4v) is 3.15. The molecule has 0 atom stereocenters. The summed E-state index contributed by atoms with van der Waals surface area (Å²) in [6.07, 6.45) is 8.57. The summed E-state index contributed by atoms with van der Waals surface area (Å²) in [6, 6.07) is 6.89. The Balaban J connectivity index is 1.71. The Morgan fingerprint density at radius 3 is 2.46 bits per heavy atom. The first-order valence-corrected chi connectivity index (χ1v) is 8.28. The molecule has 0 aromatic carbocycles. The number of aryl methyl sites for hydroxylation is 1. The second-order valence-electron chi connectivity index (χ2n) is 6.17. The second-order valence-corrected chi connectivity index (χ2v) is 6.17. The van der Waals surface area contributed by atoms with E-state index < -0.39 is 6.03 Å². The number of urea groups is 1. The quantitative estimate of drug-likeness (QED) is 0.741. The van der Waals surface area contributed by atoms with Gasteiger partial charge < -0.3 is 10.8 Å². The van der Waals surface area contributed by atoms with Gasteiger partial charge >= 0.3 is 6.03 Å². The Labute approximate surface area is 150 Å². The average molecular weight is 347 g/mol. The van der Waals surface area contributed by atoms with E-state index in [4.69, 9.17) is 5.73 Å². The van der Waals surface area contributed by atoms with Crippen molar-refractivity contribution in [3.63, 3.8) is 0 Å². The first-order valence-electron chi connectivity index (χ1n) is 8.28. The number of hydrogen-bond acceptors (Lipinski definition) is 5. The highest BCUT2D eigenvalue weighted by molar-refractivity contribution is 5.91. The molecule has 0 spiro atoms. The van der Waals surface area contributed by atoms with Gasteiger partial charge in [0.2, 0.25) is 5.88 Å². The van der Waals surface area contributed by atoms with Gasteiger partial charge in [0.05, 0.1) is 0 Å². The van der Waals surface area contributed by atoms with Crippen LogP contribution in [-0.2, 0) is 6.42 Å². The van der Waals surface area contributed by atoms with Gasteiger partial charge in [0, 0.05) is 59.7 Å². The van der Waals surface area contributed by atoms with Crippen LogP contribution in [0.15, 0.2) is 49.1 Å². The summed E-state index contributed by atoms with van der Waals surface area (Å²) in [5, 5.41) is 9.34. The lowest BCUT2D eigenvalue weighted by Gasteiger charge is -2.26. The van der Waals surface area contributed by atoms with Crippen molar-refractivity contribution in [1.82, 2.24) is 15.0 Å². The molecule has 3 aromatic heterocycles.